The Morgan fingerprint density at radius 2 is 1.88 bits per heavy atom. The molecular formula is C13H19NO2. The van der Waals surface area contributed by atoms with Crippen molar-refractivity contribution in [3.63, 3.8) is 0 Å². The number of ether oxygens (including phenoxy) is 2. The first-order chi connectivity index (χ1) is 7.76. The van der Waals surface area contributed by atoms with Crippen molar-refractivity contribution >= 4 is 6.08 Å². The van der Waals surface area contributed by atoms with E-state index in [9.17, 15) is 0 Å². The van der Waals surface area contributed by atoms with Gasteiger partial charge in [-0.05, 0) is 24.1 Å². The molecule has 1 aromatic carbocycles. The number of benzene rings is 1. The summed E-state index contributed by atoms with van der Waals surface area (Å²) in [6.45, 7) is 2.60. The van der Waals surface area contributed by atoms with Crippen LogP contribution in [-0.2, 0) is 6.42 Å². The third-order valence-electron chi connectivity index (χ3n) is 2.45. The molecule has 0 heterocycles. The second kappa shape index (κ2) is 6.18. The molecule has 88 valence electrons. The molecule has 0 fully saturated rings. The Balaban J connectivity index is 3.20. The Morgan fingerprint density at radius 1 is 1.19 bits per heavy atom. The zero-order chi connectivity index (χ0) is 12.0. The van der Waals surface area contributed by atoms with Crippen LogP contribution in [0.4, 0.5) is 0 Å². The summed E-state index contributed by atoms with van der Waals surface area (Å²) < 4.78 is 10.7. The molecule has 0 atom stereocenters. The van der Waals surface area contributed by atoms with Gasteiger partial charge in [-0.2, -0.15) is 0 Å². The molecule has 3 nitrogen and oxygen atoms in total. The van der Waals surface area contributed by atoms with E-state index in [-0.39, 0.29) is 0 Å². The van der Waals surface area contributed by atoms with Crippen molar-refractivity contribution in [3.05, 3.63) is 29.3 Å². The van der Waals surface area contributed by atoms with E-state index in [0.717, 1.165) is 29.0 Å². The lowest BCUT2D eigenvalue weighted by Crippen LogP contribution is -1.96. The van der Waals surface area contributed by atoms with Gasteiger partial charge in [-0.15, -0.1) is 0 Å². The molecule has 0 aliphatic carbocycles. The zero-order valence-corrected chi connectivity index (χ0v) is 10.1. The van der Waals surface area contributed by atoms with Crippen LogP contribution in [0.1, 0.15) is 18.1 Å². The first-order valence-electron chi connectivity index (χ1n) is 5.38. The van der Waals surface area contributed by atoms with E-state index in [0.29, 0.717) is 6.54 Å². The summed E-state index contributed by atoms with van der Waals surface area (Å²) in [6, 6.07) is 3.98. The fraction of sp³-hybridized carbons (Fsp3) is 0.385. The van der Waals surface area contributed by atoms with Gasteiger partial charge in [0.25, 0.3) is 0 Å². The smallest absolute Gasteiger partial charge is 0.126 e. The van der Waals surface area contributed by atoms with Gasteiger partial charge in [0.15, 0.2) is 0 Å². The van der Waals surface area contributed by atoms with Crippen molar-refractivity contribution in [2.45, 2.75) is 13.3 Å². The van der Waals surface area contributed by atoms with Crippen LogP contribution < -0.4 is 15.2 Å². The minimum absolute atomic E-state index is 0.515. The van der Waals surface area contributed by atoms with Gasteiger partial charge in [0.1, 0.15) is 11.5 Å². The van der Waals surface area contributed by atoms with Gasteiger partial charge < -0.3 is 15.2 Å². The minimum atomic E-state index is 0.515. The largest absolute Gasteiger partial charge is 0.496 e. The third-order valence-corrected chi connectivity index (χ3v) is 2.45. The molecule has 0 unspecified atom stereocenters. The van der Waals surface area contributed by atoms with Gasteiger partial charge in [0.05, 0.1) is 14.2 Å². The SMILES string of the molecule is CCc1cc(OC)c(/C=C/CN)cc1OC. The first kappa shape index (κ1) is 12.6. The molecule has 0 spiro atoms. The molecule has 1 aromatic rings. The Bertz CT molecular complexity index is 372. The first-order valence-corrected chi connectivity index (χ1v) is 5.38. The Labute approximate surface area is 96.9 Å². The van der Waals surface area contributed by atoms with E-state index >= 15 is 0 Å². The van der Waals surface area contributed by atoms with E-state index in [1.807, 2.05) is 24.3 Å². The molecule has 0 aliphatic heterocycles. The highest BCUT2D eigenvalue weighted by atomic mass is 16.5. The van der Waals surface area contributed by atoms with Crippen LogP contribution >= 0.6 is 0 Å². The Hall–Kier alpha value is -1.48. The summed E-state index contributed by atoms with van der Waals surface area (Å²) >= 11 is 0. The minimum Gasteiger partial charge on any atom is -0.496 e. The van der Waals surface area contributed by atoms with Crippen LogP contribution in [0.15, 0.2) is 18.2 Å². The maximum atomic E-state index is 5.44. The summed E-state index contributed by atoms with van der Waals surface area (Å²) in [5.74, 6) is 1.74. The molecule has 0 amide bonds. The van der Waals surface area contributed by atoms with Gasteiger partial charge in [-0.1, -0.05) is 19.1 Å². The maximum Gasteiger partial charge on any atom is 0.126 e. The van der Waals surface area contributed by atoms with Crippen LogP contribution in [0.5, 0.6) is 11.5 Å². The third kappa shape index (κ3) is 2.76. The summed E-state index contributed by atoms with van der Waals surface area (Å²) in [7, 11) is 3.35. The molecule has 16 heavy (non-hydrogen) atoms. The van der Waals surface area contributed by atoms with Crippen molar-refractivity contribution in [2.75, 3.05) is 20.8 Å². The molecule has 2 N–H and O–H groups in total. The quantitative estimate of drug-likeness (QED) is 0.829. The molecule has 3 heteroatoms. The summed E-state index contributed by atoms with van der Waals surface area (Å²) in [5.41, 5.74) is 7.57. The molecule has 0 radical (unpaired) electrons. The fourth-order valence-corrected chi connectivity index (χ4v) is 1.59. The molecule has 0 saturated carbocycles. The highest BCUT2D eigenvalue weighted by molar-refractivity contribution is 5.61. The predicted octanol–water partition coefficient (Wildman–Crippen LogP) is 2.24. The van der Waals surface area contributed by atoms with Crippen LogP contribution in [0, 0.1) is 0 Å². The summed E-state index contributed by atoms with van der Waals surface area (Å²) in [5, 5.41) is 0. The van der Waals surface area contributed by atoms with Crippen LogP contribution in [-0.4, -0.2) is 20.8 Å². The Morgan fingerprint density at radius 3 is 2.38 bits per heavy atom. The summed E-state index contributed by atoms with van der Waals surface area (Å²) in [4.78, 5) is 0. The van der Waals surface area contributed by atoms with Gasteiger partial charge in [0, 0.05) is 12.1 Å². The summed E-state index contributed by atoms with van der Waals surface area (Å²) in [6.07, 6.45) is 4.75. The second-order valence-corrected chi connectivity index (χ2v) is 3.40. The monoisotopic (exact) mass is 221 g/mol. The highest BCUT2D eigenvalue weighted by Gasteiger charge is 2.07. The average molecular weight is 221 g/mol. The van der Waals surface area contributed by atoms with Gasteiger partial charge in [-0.3, -0.25) is 0 Å². The number of methoxy groups -OCH3 is 2. The second-order valence-electron chi connectivity index (χ2n) is 3.40. The highest BCUT2D eigenvalue weighted by Crippen LogP contribution is 2.30. The van der Waals surface area contributed by atoms with Crippen molar-refractivity contribution < 1.29 is 9.47 Å². The molecule has 0 aliphatic rings. The lowest BCUT2D eigenvalue weighted by atomic mass is 10.1. The van der Waals surface area contributed by atoms with Gasteiger partial charge in [-0.25, -0.2) is 0 Å². The van der Waals surface area contributed by atoms with Crippen molar-refractivity contribution in [1.82, 2.24) is 0 Å². The number of aryl methyl sites for hydroxylation is 1. The predicted molar refractivity (Wildman–Crippen MR) is 67.0 cm³/mol. The Kier molecular flexibility index (Phi) is 4.86. The van der Waals surface area contributed by atoms with Gasteiger partial charge >= 0.3 is 0 Å². The van der Waals surface area contributed by atoms with Gasteiger partial charge in [0.2, 0.25) is 0 Å². The average Bonchev–Trinajstić information content (AvgIpc) is 2.35. The number of hydrogen-bond acceptors (Lipinski definition) is 3. The normalized spacial score (nSPS) is 10.8. The van der Waals surface area contributed by atoms with E-state index in [1.165, 1.54) is 0 Å². The lowest BCUT2D eigenvalue weighted by molar-refractivity contribution is 0.398. The molecule has 0 saturated heterocycles. The van der Waals surface area contributed by atoms with Crippen molar-refractivity contribution in [1.29, 1.82) is 0 Å². The maximum absolute atomic E-state index is 5.44. The van der Waals surface area contributed by atoms with Crippen LogP contribution in [0.2, 0.25) is 0 Å². The van der Waals surface area contributed by atoms with E-state index in [2.05, 4.69) is 6.92 Å². The molecular weight excluding hydrogens is 202 g/mol. The number of rotatable bonds is 5. The molecule has 1 rings (SSSR count). The number of hydrogen-bond donors (Lipinski definition) is 1. The standard InChI is InChI=1S/C13H19NO2/c1-4-10-8-13(16-3)11(6-5-7-14)9-12(10)15-2/h5-6,8-9H,4,7,14H2,1-3H3/b6-5+. The van der Waals surface area contributed by atoms with E-state index in [4.69, 9.17) is 15.2 Å². The van der Waals surface area contributed by atoms with Crippen molar-refractivity contribution in [3.8, 4) is 11.5 Å². The fourth-order valence-electron chi connectivity index (χ4n) is 1.59. The van der Waals surface area contributed by atoms with Crippen LogP contribution in [0.25, 0.3) is 6.08 Å². The molecule has 0 aromatic heterocycles. The van der Waals surface area contributed by atoms with E-state index in [1.54, 1.807) is 14.2 Å². The van der Waals surface area contributed by atoms with E-state index < -0.39 is 0 Å². The topological polar surface area (TPSA) is 44.5 Å². The molecule has 0 bridgehead atoms. The lowest BCUT2D eigenvalue weighted by Gasteiger charge is -2.12. The van der Waals surface area contributed by atoms with Crippen molar-refractivity contribution in [2.24, 2.45) is 5.73 Å². The zero-order valence-electron chi connectivity index (χ0n) is 10.1. The number of nitrogens with two attached hydrogens (primary N) is 1. The van der Waals surface area contributed by atoms with Crippen LogP contribution in [0.3, 0.4) is 0 Å².